The monoisotopic (exact) mass is 173 g/mol. The Morgan fingerprint density at radius 2 is 2.25 bits per heavy atom. The molecule has 1 aliphatic rings. The average molecular weight is 173 g/mol. The second-order valence-electron chi connectivity index (χ2n) is 3.59. The van der Waals surface area contributed by atoms with Gasteiger partial charge in [-0.2, -0.15) is 0 Å². The fourth-order valence-electron chi connectivity index (χ4n) is 1.54. The van der Waals surface area contributed by atoms with Crippen molar-refractivity contribution < 1.29 is 9.84 Å². The van der Waals surface area contributed by atoms with E-state index in [2.05, 4.69) is 25.8 Å². The first kappa shape index (κ1) is 9.96. The number of rotatable bonds is 3. The number of likely N-dealkylation sites (N-methyl/N-ethyl adjacent to an activating group) is 1. The zero-order chi connectivity index (χ0) is 9.14. The molecule has 0 amide bonds. The Labute approximate surface area is 74.3 Å². The SMILES string of the molecule is CCC(C)N(C)[C@@H]1COC[C@H]1O. The highest BCUT2D eigenvalue weighted by atomic mass is 16.5. The van der Waals surface area contributed by atoms with Crippen LogP contribution in [0.2, 0.25) is 0 Å². The molecule has 1 rings (SSSR count). The Morgan fingerprint density at radius 3 is 2.67 bits per heavy atom. The van der Waals surface area contributed by atoms with Crippen molar-refractivity contribution >= 4 is 0 Å². The summed E-state index contributed by atoms with van der Waals surface area (Å²) in [6, 6.07) is 0.714. The summed E-state index contributed by atoms with van der Waals surface area (Å²) < 4.78 is 5.19. The molecule has 3 nitrogen and oxygen atoms in total. The molecule has 1 heterocycles. The molecule has 0 bridgehead atoms. The Morgan fingerprint density at radius 1 is 1.58 bits per heavy atom. The molecule has 3 atom stereocenters. The average Bonchev–Trinajstić information content (AvgIpc) is 2.48. The lowest BCUT2D eigenvalue weighted by Gasteiger charge is -2.30. The van der Waals surface area contributed by atoms with Crippen molar-refractivity contribution in [3.63, 3.8) is 0 Å². The predicted molar refractivity (Wildman–Crippen MR) is 48.1 cm³/mol. The number of hydrogen-bond donors (Lipinski definition) is 1. The Bertz CT molecular complexity index is 140. The zero-order valence-corrected chi connectivity index (χ0v) is 8.16. The molecule has 0 radical (unpaired) electrons. The molecule has 1 N–H and O–H groups in total. The van der Waals surface area contributed by atoms with Gasteiger partial charge in [-0.3, -0.25) is 4.90 Å². The van der Waals surface area contributed by atoms with Crippen LogP contribution in [0, 0.1) is 0 Å². The van der Waals surface area contributed by atoms with Crippen LogP contribution in [-0.4, -0.2) is 48.5 Å². The highest BCUT2D eigenvalue weighted by Gasteiger charge is 2.31. The first-order chi connectivity index (χ1) is 5.66. The fourth-order valence-corrected chi connectivity index (χ4v) is 1.54. The first-order valence-corrected chi connectivity index (χ1v) is 4.64. The summed E-state index contributed by atoms with van der Waals surface area (Å²) in [5.41, 5.74) is 0. The van der Waals surface area contributed by atoms with Crippen LogP contribution in [0.15, 0.2) is 0 Å². The quantitative estimate of drug-likeness (QED) is 0.673. The molecule has 0 aromatic heterocycles. The van der Waals surface area contributed by atoms with Crippen LogP contribution >= 0.6 is 0 Å². The van der Waals surface area contributed by atoms with Crippen LogP contribution in [-0.2, 0) is 4.74 Å². The molecule has 3 heteroatoms. The summed E-state index contributed by atoms with van der Waals surface area (Å²) in [5.74, 6) is 0. The van der Waals surface area contributed by atoms with Crippen LogP contribution in [0.3, 0.4) is 0 Å². The molecule has 72 valence electrons. The van der Waals surface area contributed by atoms with Crippen LogP contribution < -0.4 is 0 Å². The van der Waals surface area contributed by atoms with E-state index in [1.54, 1.807) is 0 Å². The molecule has 1 fully saturated rings. The third-order valence-corrected chi connectivity index (χ3v) is 2.83. The normalized spacial score (nSPS) is 32.8. The van der Waals surface area contributed by atoms with Crippen LogP contribution in [0.1, 0.15) is 20.3 Å². The lowest BCUT2D eigenvalue weighted by molar-refractivity contribution is 0.0761. The van der Waals surface area contributed by atoms with Crippen molar-refractivity contribution in [2.24, 2.45) is 0 Å². The van der Waals surface area contributed by atoms with Gasteiger partial charge in [-0.05, 0) is 20.4 Å². The summed E-state index contributed by atoms with van der Waals surface area (Å²) in [7, 11) is 2.05. The number of nitrogens with zero attached hydrogens (tertiary/aromatic N) is 1. The van der Waals surface area contributed by atoms with Crippen molar-refractivity contribution in [2.75, 3.05) is 20.3 Å². The van der Waals surface area contributed by atoms with E-state index in [0.717, 1.165) is 6.42 Å². The number of hydrogen-bond acceptors (Lipinski definition) is 3. The first-order valence-electron chi connectivity index (χ1n) is 4.64. The zero-order valence-electron chi connectivity index (χ0n) is 8.16. The molecule has 0 saturated carbocycles. The Kier molecular flexibility index (Phi) is 3.50. The van der Waals surface area contributed by atoms with Gasteiger partial charge in [0, 0.05) is 6.04 Å². The van der Waals surface area contributed by atoms with Crippen molar-refractivity contribution in [3.05, 3.63) is 0 Å². The lowest BCUT2D eigenvalue weighted by atomic mass is 10.1. The van der Waals surface area contributed by atoms with Crippen LogP contribution in [0.25, 0.3) is 0 Å². The highest BCUT2D eigenvalue weighted by Crippen LogP contribution is 2.15. The molecule has 0 aromatic rings. The number of aliphatic hydroxyl groups is 1. The van der Waals surface area contributed by atoms with Crippen LogP contribution in [0.5, 0.6) is 0 Å². The minimum absolute atomic E-state index is 0.194. The van der Waals surface area contributed by atoms with Crippen molar-refractivity contribution in [1.29, 1.82) is 0 Å². The van der Waals surface area contributed by atoms with E-state index in [4.69, 9.17) is 4.74 Å². The molecule has 1 unspecified atom stereocenters. The topological polar surface area (TPSA) is 32.7 Å². The molecular formula is C9H19NO2. The standard InChI is InChI=1S/C9H19NO2/c1-4-7(2)10(3)8-5-12-6-9(8)11/h7-9,11H,4-6H2,1-3H3/t7?,8-,9-/m1/s1. The second kappa shape index (κ2) is 4.21. The number of aliphatic hydroxyl groups excluding tert-OH is 1. The smallest absolute Gasteiger partial charge is 0.0950 e. The summed E-state index contributed by atoms with van der Waals surface area (Å²) >= 11 is 0. The molecule has 0 spiro atoms. The van der Waals surface area contributed by atoms with Crippen molar-refractivity contribution in [2.45, 2.75) is 38.5 Å². The van der Waals surface area contributed by atoms with Gasteiger partial charge in [-0.1, -0.05) is 6.92 Å². The van der Waals surface area contributed by atoms with E-state index in [0.29, 0.717) is 19.3 Å². The molecule has 1 aliphatic heterocycles. The largest absolute Gasteiger partial charge is 0.389 e. The van der Waals surface area contributed by atoms with E-state index in [9.17, 15) is 5.11 Å². The van der Waals surface area contributed by atoms with Gasteiger partial charge in [0.15, 0.2) is 0 Å². The lowest BCUT2D eigenvalue weighted by Crippen LogP contribution is -2.44. The van der Waals surface area contributed by atoms with Gasteiger partial charge in [-0.25, -0.2) is 0 Å². The maximum atomic E-state index is 9.54. The minimum Gasteiger partial charge on any atom is -0.389 e. The molecule has 1 saturated heterocycles. The Hall–Kier alpha value is -0.120. The molecule has 0 aromatic carbocycles. The predicted octanol–water partition coefficient (Wildman–Crippen LogP) is 0.476. The van der Waals surface area contributed by atoms with E-state index >= 15 is 0 Å². The van der Waals surface area contributed by atoms with Gasteiger partial charge >= 0.3 is 0 Å². The van der Waals surface area contributed by atoms with Gasteiger partial charge in [0.05, 0.1) is 25.4 Å². The van der Waals surface area contributed by atoms with Gasteiger partial charge in [0.1, 0.15) is 0 Å². The van der Waals surface area contributed by atoms with Gasteiger partial charge in [0.2, 0.25) is 0 Å². The van der Waals surface area contributed by atoms with Gasteiger partial charge in [0.25, 0.3) is 0 Å². The van der Waals surface area contributed by atoms with E-state index in [1.165, 1.54) is 0 Å². The third-order valence-electron chi connectivity index (χ3n) is 2.83. The van der Waals surface area contributed by atoms with Crippen molar-refractivity contribution in [3.8, 4) is 0 Å². The van der Waals surface area contributed by atoms with E-state index < -0.39 is 0 Å². The number of ether oxygens (including phenoxy) is 1. The van der Waals surface area contributed by atoms with Crippen LogP contribution in [0.4, 0.5) is 0 Å². The van der Waals surface area contributed by atoms with Gasteiger partial charge in [-0.15, -0.1) is 0 Å². The van der Waals surface area contributed by atoms with E-state index in [-0.39, 0.29) is 12.1 Å². The molecule has 0 aliphatic carbocycles. The third kappa shape index (κ3) is 1.97. The Balaban J connectivity index is 2.45. The highest BCUT2D eigenvalue weighted by molar-refractivity contribution is 4.83. The van der Waals surface area contributed by atoms with Crippen molar-refractivity contribution in [1.82, 2.24) is 4.90 Å². The minimum atomic E-state index is -0.302. The molecule has 12 heavy (non-hydrogen) atoms. The summed E-state index contributed by atoms with van der Waals surface area (Å²) in [5, 5.41) is 9.54. The maximum absolute atomic E-state index is 9.54. The van der Waals surface area contributed by atoms with E-state index in [1.807, 2.05) is 0 Å². The summed E-state index contributed by atoms with van der Waals surface area (Å²) in [4.78, 5) is 2.21. The summed E-state index contributed by atoms with van der Waals surface area (Å²) in [6.07, 6.45) is 0.809. The maximum Gasteiger partial charge on any atom is 0.0950 e. The molecular weight excluding hydrogens is 154 g/mol. The van der Waals surface area contributed by atoms with Gasteiger partial charge < -0.3 is 9.84 Å². The fraction of sp³-hybridized carbons (Fsp3) is 1.00. The second-order valence-corrected chi connectivity index (χ2v) is 3.59. The summed E-state index contributed by atoms with van der Waals surface area (Å²) in [6.45, 7) is 5.49.